The smallest absolute Gasteiger partial charge is 0.339 e. The fourth-order valence-corrected chi connectivity index (χ4v) is 2.83. The lowest BCUT2D eigenvalue weighted by molar-refractivity contribution is 0.100. The van der Waals surface area contributed by atoms with Crippen molar-refractivity contribution in [1.29, 1.82) is 0 Å². The lowest BCUT2D eigenvalue weighted by Gasteiger charge is -2.33. The van der Waals surface area contributed by atoms with Crippen molar-refractivity contribution in [2.45, 2.75) is 25.9 Å². The van der Waals surface area contributed by atoms with Crippen LogP contribution in [0.3, 0.4) is 0 Å². The third-order valence-electron chi connectivity index (χ3n) is 3.97. The van der Waals surface area contributed by atoms with Crippen molar-refractivity contribution in [2.75, 3.05) is 26.2 Å². The van der Waals surface area contributed by atoms with Gasteiger partial charge in [0.15, 0.2) is 0 Å². The van der Waals surface area contributed by atoms with Crippen LogP contribution in [-0.4, -0.2) is 54.1 Å². The molecule has 4 amide bonds. The molecule has 2 fully saturated rings. The summed E-state index contributed by atoms with van der Waals surface area (Å²) < 4.78 is 10.7. The molecule has 2 aliphatic rings. The molecule has 0 bridgehead atoms. The van der Waals surface area contributed by atoms with Gasteiger partial charge in [0, 0.05) is 45.1 Å². The van der Waals surface area contributed by atoms with E-state index in [1.165, 1.54) is 11.0 Å². The number of nitrogens with zero attached hydrogens (tertiary/aromatic N) is 2. The first kappa shape index (κ1) is 15.4. The van der Waals surface area contributed by atoms with E-state index in [1.807, 2.05) is 0 Å². The Kier molecular flexibility index (Phi) is 4.22. The summed E-state index contributed by atoms with van der Waals surface area (Å²) in [6.45, 7) is 3.64. The molecule has 23 heavy (non-hydrogen) atoms. The SMILES string of the molecule is Cc1cc(OC2CCN(C(=O)N3CCNC3=O)CC2)cc(=O)o1. The molecule has 3 rings (SSSR count). The van der Waals surface area contributed by atoms with E-state index in [9.17, 15) is 14.4 Å². The molecule has 8 heteroatoms. The maximum Gasteiger partial charge on any atom is 0.339 e. The molecule has 3 heterocycles. The summed E-state index contributed by atoms with van der Waals surface area (Å²) in [6, 6.07) is 2.40. The highest BCUT2D eigenvalue weighted by atomic mass is 16.5. The molecule has 0 saturated carbocycles. The molecule has 0 radical (unpaired) electrons. The Bertz CT molecular complexity index is 663. The van der Waals surface area contributed by atoms with Gasteiger partial charge in [-0.15, -0.1) is 0 Å². The summed E-state index contributed by atoms with van der Waals surface area (Å²) >= 11 is 0. The lowest BCUT2D eigenvalue weighted by atomic mass is 10.1. The predicted octanol–water partition coefficient (Wildman–Crippen LogP) is 0.937. The summed E-state index contributed by atoms with van der Waals surface area (Å²) in [5, 5.41) is 2.62. The molecule has 8 nitrogen and oxygen atoms in total. The van der Waals surface area contributed by atoms with Crippen LogP contribution < -0.4 is 15.7 Å². The fraction of sp³-hybridized carbons (Fsp3) is 0.533. The van der Waals surface area contributed by atoms with Crippen molar-refractivity contribution in [3.63, 3.8) is 0 Å². The van der Waals surface area contributed by atoms with Crippen LogP contribution in [0.15, 0.2) is 21.3 Å². The van der Waals surface area contributed by atoms with Gasteiger partial charge in [-0.05, 0) is 6.92 Å². The molecule has 1 aromatic rings. The summed E-state index contributed by atoms with van der Waals surface area (Å²) in [7, 11) is 0. The molecule has 0 aromatic carbocycles. The number of aryl methyl sites for hydroxylation is 1. The number of amides is 4. The molecule has 124 valence electrons. The molecular formula is C15H19N3O5. The van der Waals surface area contributed by atoms with E-state index < -0.39 is 5.63 Å². The van der Waals surface area contributed by atoms with Gasteiger partial charge in [0.2, 0.25) is 0 Å². The third kappa shape index (κ3) is 3.46. The molecule has 0 aliphatic carbocycles. The molecule has 2 aliphatic heterocycles. The number of nitrogens with one attached hydrogen (secondary N) is 1. The second-order valence-electron chi connectivity index (χ2n) is 5.69. The Morgan fingerprint density at radius 1 is 1.26 bits per heavy atom. The second kappa shape index (κ2) is 6.31. The van der Waals surface area contributed by atoms with Crippen molar-refractivity contribution in [2.24, 2.45) is 0 Å². The Morgan fingerprint density at radius 3 is 2.61 bits per heavy atom. The van der Waals surface area contributed by atoms with Gasteiger partial charge in [0.05, 0.1) is 6.07 Å². The Hall–Kier alpha value is -2.51. The Morgan fingerprint density at radius 2 is 2.00 bits per heavy atom. The van der Waals surface area contributed by atoms with Gasteiger partial charge in [-0.1, -0.05) is 0 Å². The third-order valence-corrected chi connectivity index (χ3v) is 3.97. The zero-order chi connectivity index (χ0) is 16.4. The van der Waals surface area contributed by atoms with E-state index in [1.54, 1.807) is 17.9 Å². The van der Waals surface area contributed by atoms with E-state index in [4.69, 9.17) is 9.15 Å². The van der Waals surface area contributed by atoms with Gasteiger partial charge in [0.1, 0.15) is 17.6 Å². The molecule has 1 N–H and O–H groups in total. The van der Waals surface area contributed by atoms with Gasteiger partial charge in [-0.2, -0.15) is 0 Å². The lowest BCUT2D eigenvalue weighted by Crippen LogP contribution is -2.49. The highest BCUT2D eigenvalue weighted by molar-refractivity contribution is 5.94. The van der Waals surface area contributed by atoms with Crippen molar-refractivity contribution in [3.05, 3.63) is 28.3 Å². The number of piperidine rings is 1. The van der Waals surface area contributed by atoms with Gasteiger partial charge >= 0.3 is 17.7 Å². The predicted molar refractivity (Wildman–Crippen MR) is 80.4 cm³/mol. The quantitative estimate of drug-likeness (QED) is 0.875. The number of hydrogen-bond donors (Lipinski definition) is 1. The number of imide groups is 1. The first-order valence-corrected chi connectivity index (χ1v) is 7.65. The largest absolute Gasteiger partial charge is 0.490 e. The summed E-state index contributed by atoms with van der Waals surface area (Å²) in [6.07, 6.45) is 1.24. The van der Waals surface area contributed by atoms with E-state index in [0.29, 0.717) is 50.5 Å². The number of hydrogen-bond acceptors (Lipinski definition) is 5. The number of rotatable bonds is 2. The average Bonchev–Trinajstić information content (AvgIpc) is 2.92. The topological polar surface area (TPSA) is 92.1 Å². The molecule has 2 saturated heterocycles. The minimum Gasteiger partial charge on any atom is -0.490 e. The summed E-state index contributed by atoms with van der Waals surface area (Å²) in [5.74, 6) is 0.989. The number of carbonyl (C=O) groups is 2. The van der Waals surface area contributed by atoms with E-state index in [-0.39, 0.29) is 18.2 Å². The monoisotopic (exact) mass is 321 g/mol. The van der Waals surface area contributed by atoms with Crippen LogP contribution in [0.1, 0.15) is 18.6 Å². The van der Waals surface area contributed by atoms with Crippen LogP contribution in [0, 0.1) is 6.92 Å². The van der Waals surface area contributed by atoms with Gasteiger partial charge in [-0.25, -0.2) is 19.3 Å². The Labute approximate surface area is 133 Å². The van der Waals surface area contributed by atoms with Crippen LogP contribution in [0.5, 0.6) is 5.75 Å². The molecular weight excluding hydrogens is 302 g/mol. The van der Waals surface area contributed by atoms with Crippen molar-refractivity contribution in [3.8, 4) is 5.75 Å². The highest BCUT2D eigenvalue weighted by Crippen LogP contribution is 2.20. The first-order valence-electron chi connectivity index (χ1n) is 7.65. The molecule has 0 spiro atoms. The van der Waals surface area contributed by atoms with Gasteiger partial charge in [0.25, 0.3) is 0 Å². The van der Waals surface area contributed by atoms with Crippen molar-refractivity contribution >= 4 is 12.1 Å². The number of carbonyl (C=O) groups excluding carboxylic acids is 2. The maximum atomic E-state index is 12.3. The van der Waals surface area contributed by atoms with Crippen LogP contribution in [-0.2, 0) is 0 Å². The van der Waals surface area contributed by atoms with Gasteiger partial charge < -0.3 is 19.4 Å². The Balaban J connectivity index is 1.55. The number of likely N-dealkylation sites (tertiary alicyclic amines) is 1. The van der Waals surface area contributed by atoms with Crippen LogP contribution >= 0.6 is 0 Å². The molecule has 1 aromatic heterocycles. The van der Waals surface area contributed by atoms with Crippen LogP contribution in [0.4, 0.5) is 9.59 Å². The maximum absolute atomic E-state index is 12.3. The normalized spacial score (nSPS) is 18.9. The fourth-order valence-electron chi connectivity index (χ4n) is 2.83. The minimum atomic E-state index is -0.437. The average molecular weight is 321 g/mol. The van der Waals surface area contributed by atoms with Crippen LogP contribution in [0.25, 0.3) is 0 Å². The van der Waals surface area contributed by atoms with Crippen molar-refractivity contribution in [1.82, 2.24) is 15.1 Å². The first-order chi connectivity index (χ1) is 11.0. The minimum absolute atomic E-state index is 0.0624. The highest BCUT2D eigenvalue weighted by Gasteiger charge is 2.32. The standard InChI is InChI=1S/C15H19N3O5/c1-10-8-12(9-13(19)22-10)23-11-2-5-17(6-3-11)15(21)18-7-4-16-14(18)20/h8-9,11H,2-7H2,1H3,(H,16,20). The van der Waals surface area contributed by atoms with E-state index in [0.717, 1.165) is 0 Å². The van der Waals surface area contributed by atoms with Crippen molar-refractivity contribution < 1.29 is 18.7 Å². The molecule has 0 atom stereocenters. The van der Waals surface area contributed by atoms with E-state index in [2.05, 4.69) is 5.32 Å². The zero-order valence-electron chi connectivity index (χ0n) is 12.9. The number of urea groups is 2. The summed E-state index contributed by atoms with van der Waals surface area (Å²) in [4.78, 5) is 38.0. The van der Waals surface area contributed by atoms with E-state index >= 15 is 0 Å². The summed E-state index contributed by atoms with van der Waals surface area (Å²) in [5.41, 5.74) is -0.437. The number of ether oxygens (including phenoxy) is 1. The molecule has 0 unspecified atom stereocenters. The second-order valence-corrected chi connectivity index (χ2v) is 5.69. The zero-order valence-corrected chi connectivity index (χ0v) is 12.9. The van der Waals surface area contributed by atoms with Gasteiger partial charge in [-0.3, -0.25) is 0 Å². The van der Waals surface area contributed by atoms with Crippen LogP contribution in [0.2, 0.25) is 0 Å².